The summed E-state index contributed by atoms with van der Waals surface area (Å²) in [5, 5.41) is 9.59. The summed E-state index contributed by atoms with van der Waals surface area (Å²) < 4.78 is 34.7. The maximum absolute atomic E-state index is 14.7. The first-order valence-corrected chi connectivity index (χ1v) is 21.4. The van der Waals surface area contributed by atoms with Crippen LogP contribution in [0.5, 0.6) is 11.5 Å². The third kappa shape index (κ3) is 10.7. The summed E-state index contributed by atoms with van der Waals surface area (Å²) >= 11 is 7.07. The SMILES string of the molecule is C=CC1CC1(NC(=O)C1CC(Oc2cc(-c3coc(NC(C)C)n3)nc3c(Cl)c(OCCN4CCOCC4)ccc23)CN1C(=O)C(NC(=O)OC(C)(C)C)C(C)(C)C)C(=O)OC. The van der Waals surface area contributed by atoms with E-state index in [0.29, 0.717) is 72.6 Å². The van der Waals surface area contributed by atoms with E-state index in [2.05, 4.69) is 32.4 Å². The van der Waals surface area contributed by atoms with E-state index in [0.717, 1.165) is 13.1 Å². The Balaban J connectivity index is 1.35. The second-order valence-corrected chi connectivity index (χ2v) is 18.7. The number of hydrogen-bond acceptors (Lipinski definition) is 14. The average Bonchev–Trinajstić information content (AvgIpc) is 3.47. The second kappa shape index (κ2) is 18.7. The van der Waals surface area contributed by atoms with Crippen LogP contribution in [0.25, 0.3) is 22.3 Å². The number of hydrogen-bond donors (Lipinski definition) is 3. The number of halogens is 1. The molecule has 2 saturated heterocycles. The van der Waals surface area contributed by atoms with Crippen LogP contribution in [0.1, 0.15) is 68.2 Å². The number of ether oxygens (including phenoxy) is 5. The quantitative estimate of drug-likeness (QED) is 0.126. The number of methoxy groups -OCH3 is 1. The Labute approximate surface area is 367 Å². The first-order valence-electron chi connectivity index (χ1n) is 21.0. The van der Waals surface area contributed by atoms with Gasteiger partial charge in [0, 0.05) is 49.5 Å². The van der Waals surface area contributed by atoms with Gasteiger partial charge in [0.2, 0.25) is 11.8 Å². The summed E-state index contributed by atoms with van der Waals surface area (Å²) in [5.41, 5.74) is -1.80. The number of fused-ring (bicyclic) bond motifs is 1. The van der Waals surface area contributed by atoms with E-state index >= 15 is 0 Å². The molecular weight excluding hydrogens is 822 g/mol. The van der Waals surface area contributed by atoms with Gasteiger partial charge >= 0.3 is 12.1 Å². The molecule has 0 bridgehead atoms. The zero-order valence-electron chi connectivity index (χ0n) is 37.1. The number of nitrogens with one attached hydrogen (secondary N) is 3. The first kappa shape index (κ1) is 46.4. The molecule has 4 heterocycles. The molecule has 6 rings (SSSR count). The molecule has 17 nitrogen and oxygen atoms in total. The van der Waals surface area contributed by atoms with Crippen molar-refractivity contribution in [2.24, 2.45) is 11.3 Å². The number of carbonyl (C=O) groups excluding carboxylic acids is 4. The van der Waals surface area contributed by atoms with Crippen LogP contribution in [0, 0.1) is 11.3 Å². The molecule has 0 radical (unpaired) electrons. The Morgan fingerprint density at radius 3 is 2.42 bits per heavy atom. The van der Waals surface area contributed by atoms with Gasteiger partial charge in [0.15, 0.2) is 0 Å². The molecule has 62 heavy (non-hydrogen) atoms. The molecule has 338 valence electrons. The molecule has 2 aromatic heterocycles. The highest BCUT2D eigenvalue weighted by Crippen LogP contribution is 2.46. The zero-order valence-corrected chi connectivity index (χ0v) is 37.8. The zero-order chi connectivity index (χ0) is 45.1. The molecule has 3 amide bonds. The van der Waals surface area contributed by atoms with Crippen LogP contribution in [0.3, 0.4) is 0 Å². The Kier molecular flexibility index (Phi) is 14.0. The highest BCUT2D eigenvalue weighted by Gasteiger charge is 2.62. The number of morpholine rings is 1. The Bertz CT molecular complexity index is 2140. The molecule has 3 aromatic rings. The van der Waals surface area contributed by atoms with Gasteiger partial charge in [0.25, 0.3) is 6.01 Å². The third-order valence-corrected chi connectivity index (χ3v) is 11.3. The van der Waals surface area contributed by atoms with Crippen molar-refractivity contribution in [2.45, 2.75) is 104 Å². The van der Waals surface area contributed by atoms with Crippen LogP contribution in [0.4, 0.5) is 10.8 Å². The summed E-state index contributed by atoms with van der Waals surface area (Å²) in [5.74, 6) is -1.31. The van der Waals surface area contributed by atoms with Crippen molar-refractivity contribution in [2.75, 3.05) is 58.4 Å². The summed E-state index contributed by atoms with van der Waals surface area (Å²) in [6.07, 6.45) is 1.84. The number of rotatable bonds is 15. The largest absolute Gasteiger partial charge is 0.491 e. The fourth-order valence-electron chi connectivity index (χ4n) is 7.64. The van der Waals surface area contributed by atoms with Gasteiger partial charge in [-0.3, -0.25) is 14.5 Å². The Morgan fingerprint density at radius 1 is 1.06 bits per heavy atom. The molecule has 0 spiro atoms. The number of likely N-dealkylation sites (tertiary alicyclic amines) is 1. The van der Waals surface area contributed by atoms with Gasteiger partial charge in [0.1, 0.15) is 64.4 Å². The van der Waals surface area contributed by atoms with Crippen molar-refractivity contribution >= 4 is 52.4 Å². The van der Waals surface area contributed by atoms with E-state index in [1.165, 1.54) is 18.3 Å². The number of aromatic nitrogens is 2. The molecule has 1 saturated carbocycles. The predicted molar refractivity (Wildman–Crippen MR) is 232 cm³/mol. The van der Waals surface area contributed by atoms with Crippen LogP contribution >= 0.6 is 11.6 Å². The molecule has 1 aliphatic carbocycles. The Hall–Kier alpha value is -5.13. The smallest absolute Gasteiger partial charge is 0.408 e. The molecule has 5 atom stereocenters. The van der Waals surface area contributed by atoms with Gasteiger partial charge < -0.3 is 49.0 Å². The van der Waals surface area contributed by atoms with Gasteiger partial charge in [-0.25, -0.2) is 14.6 Å². The molecule has 3 N–H and O–H groups in total. The molecule has 2 aliphatic heterocycles. The van der Waals surface area contributed by atoms with E-state index in [1.54, 1.807) is 65.8 Å². The lowest BCUT2D eigenvalue weighted by Gasteiger charge is -2.36. The lowest BCUT2D eigenvalue weighted by atomic mass is 9.85. The minimum Gasteiger partial charge on any atom is -0.491 e. The van der Waals surface area contributed by atoms with Crippen LogP contribution in [0.2, 0.25) is 5.02 Å². The maximum atomic E-state index is 14.7. The van der Waals surface area contributed by atoms with Gasteiger partial charge in [-0.1, -0.05) is 38.4 Å². The van der Waals surface area contributed by atoms with Crippen LogP contribution < -0.4 is 25.4 Å². The van der Waals surface area contributed by atoms with Crippen molar-refractivity contribution < 1.29 is 47.3 Å². The minimum absolute atomic E-state index is 0.0267. The van der Waals surface area contributed by atoms with E-state index in [4.69, 9.17) is 44.7 Å². The molecule has 3 aliphatic rings. The average molecular weight is 882 g/mol. The van der Waals surface area contributed by atoms with Crippen molar-refractivity contribution in [1.29, 1.82) is 0 Å². The van der Waals surface area contributed by atoms with Gasteiger partial charge in [0.05, 0.1) is 38.1 Å². The number of benzene rings is 1. The lowest BCUT2D eigenvalue weighted by Crippen LogP contribution is -2.59. The molecule has 5 unspecified atom stereocenters. The van der Waals surface area contributed by atoms with Crippen molar-refractivity contribution in [3.05, 3.63) is 42.1 Å². The van der Waals surface area contributed by atoms with E-state index in [-0.39, 0.29) is 29.9 Å². The van der Waals surface area contributed by atoms with Gasteiger partial charge in [-0.2, -0.15) is 4.98 Å². The van der Waals surface area contributed by atoms with E-state index in [9.17, 15) is 19.2 Å². The van der Waals surface area contributed by atoms with E-state index < -0.39 is 58.6 Å². The number of oxazole rings is 1. The monoisotopic (exact) mass is 881 g/mol. The normalized spacial score (nSPS) is 22.2. The number of nitrogens with zero attached hydrogens (tertiary/aromatic N) is 4. The van der Waals surface area contributed by atoms with Crippen molar-refractivity contribution in [3.8, 4) is 22.9 Å². The highest BCUT2D eigenvalue weighted by atomic mass is 35.5. The first-order chi connectivity index (χ1) is 29.2. The molecule has 1 aromatic carbocycles. The molecule has 18 heteroatoms. The summed E-state index contributed by atoms with van der Waals surface area (Å²) in [4.78, 5) is 68.4. The van der Waals surface area contributed by atoms with Crippen molar-refractivity contribution in [1.82, 2.24) is 30.4 Å². The number of anilines is 1. The Morgan fingerprint density at radius 2 is 1.79 bits per heavy atom. The minimum atomic E-state index is -1.32. The fraction of sp³-hybridized carbons (Fsp3) is 0.591. The maximum Gasteiger partial charge on any atom is 0.408 e. The number of amides is 3. The van der Waals surface area contributed by atoms with Crippen molar-refractivity contribution in [3.63, 3.8) is 0 Å². The van der Waals surface area contributed by atoms with Crippen LogP contribution in [-0.2, 0) is 28.6 Å². The van der Waals surface area contributed by atoms with Crippen LogP contribution in [0.15, 0.2) is 41.5 Å². The van der Waals surface area contributed by atoms with Gasteiger partial charge in [-0.15, -0.1) is 6.58 Å². The number of esters is 1. The second-order valence-electron chi connectivity index (χ2n) is 18.3. The predicted octanol–water partition coefficient (Wildman–Crippen LogP) is 5.60. The standard InChI is InChI=1S/C44H60ClN7O10/c1-11-26-22-44(26,39(55)57-10)50-37(53)31-20-27(23-52(31)38(54)36(42(4,5)6)49-41(56)62-43(7,8)9)61-33-21-29(30-24-60-40(48-30)46-25(2)3)47-35-28(33)12-13-32(34(35)45)59-19-16-51-14-17-58-18-15-51/h11-13,21,24-27,31,36H,1,14-20,22-23H2,2-10H3,(H,46,48)(H,49,56)(H,50,53). The molecular formula is C44H60ClN7O10. The van der Waals surface area contributed by atoms with Crippen LogP contribution in [-0.4, -0.2) is 132 Å². The number of pyridine rings is 1. The highest BCUT2D eigenvalue weighted by molar-refractivity contribution is 6.36. The van der Waals surface area contributed by atoms with Gasteiger partial charge in [-0.05, 0) is 58.6 Å². The number of alkyl carbamates (subject to hydrolysis) is 1. The topological polar surface area (TPSA) is 196 Å². The summed E-state index contributed by atoms with van der Waals surface area (Å²) in [7, 11) is 1.25. The van der Waals surface area contributed by atoms with E-state index in [1.807, 2.05) is 13.8 Å². The lowest BCUT2D eigenvalue weighted by molar-refractivity contribution is -0.148. The third-order valence-electron chi connectivity index (χ3n) is 10.9. The molecule has 3 fully saturated rings. The fourth-order valence-corrected chi connectivity index (χ4v) is 7.91. The summed E-state index contributed by atoms with van der Waals surface area (Å²) in [6.45, 7) is 22.3. The number of carbonyl (C=O) groups is 4. The summed E-state index contributed by atoms with van der Waals surface area (Å²) in [6, 6.07) is 3.39.